The third-order valence-electron chi connectivity index (χ3n) is 5.80. The number of aromatic nitrogens is 4. The lowest BCUT2D eigenvalue weighted by atomic mass is 10.1. The second kappa shape index (κ2) is 9.79. The van der Waals surface area contributed by atoms with Gasteiger partial charge in [-0.25, -0.2) is 13.4 Å². The molecule has 0 unspecified atom stereocenters. The van der Waals surface area contributed by atoms with Crippen LogP contribution < -0.4 is 4.72 Å². The summed E-state index contributed by atoms with van der Waals surface area (Å²) >= 11 is 0. The van der Waals surface area contributed by atoms with Crippen LogP contribution in [0.25, 0.3) is 23.0 Å². The molecule has 0 bridgehead atoms. The van der Waals surface area contributed by atoms with E-state index in [9.17, 15) is 8.42 Å². The Morgan fingerprint density at radius 2 is 1.61 bits per heavy atom. The second-order valence-electron chi connectivity index (χ2n) is 8.52. The molecule has 2 aromatic heterocycles. The molecular weight excluding hydrogens is 474 g/mol. The number of hydrogen-bond acceptors (Lipinski definition) is 6. The number of hydrogen-bond donors (Lipinski definition) is 1. The summed E-state index contributed by atoms with van der Waals surface area (Å²) in [6.07, 6.45) is 4.39. The Hall–Kier alpha value is -4.24. The van der Waals surface area contributed by atoms with Crippen molar-refractivity contribution in [2.75, 3.05) is 4.72 Å². The van der Waals surface area contributed by atoms with Crippen LogP contribution in [0.4, 0.5) is 5.69 Å². The molecule has 0 aliphatic rings. The van der Waals surface area contributed by atoms with Gasteiger partial charge in [-0.3, -0.25) is 4.72 Å². The molecule has 5 aromatic rings. The maximum Gasteiger partial charge on any atom is 0.278 e. The molecule has 9 heteroatoms. The number of rotatable bonds is 8. The molecule has 5 rings (SSSR count). The summed E-state index contributed by atoms with van der Waals surface area (Å²) in [7, 11) is -3.65. The second-order valence-corrected chi connectivity index (χ2v) is 10.2. The molecular formula is C27H25N5O3S. The summed E-state index contributed by atoms with van der Waals surface area (Å²) in [5, 5.41) is 4.06. The first-order chi connectivity index (χ1) is 17.4. The van der Waals surface area contributed by atoms with Crippen molar-refractivity contribution >= 4 is 15.7 Å². The first kappa shape index (κ1) is 23.5. The summed E-state index contributed by atoms with van der Waals surface area (Å²) in [6, 6.07) is 22.1. The highest BCUT2D eigenvalue weighted by Crippen LogP contribution is 2.22. The van der Waals surface area contributed by atoms with Crippen LogP contribution in [-0.2, 0) is 23.0 Å². The van der Waals surface area contributed by atoms with Gasteiger partial charge < -0.3 is 9.09 Å². The minimum Gasteiger partial charge on any atom is -0.332 e. The molecule has 0 aliphatic carbocycles. The van der Waals surface area contributed by atoms with Gasteiger partial charge in [-0.1, -0.05) is 66.2 Å². The monoisotopic (exact) mass is 499 g/mol. The van der Waals surface area contributed by atoms with Crippen molar-refractivity contribution in [2.24, 2.45) is 0 Å². The Labute approximate surface area is 209 Å². The highest BCUT2D eigenvalue weighted by atomic mass is 32.2. The highest BCUT2D eigenvalue weighted by molar-refractivity contribution is 7.92. The van der Waals surface area contributed by atoms with Crippen molar-refractivity contribution in [3.63, 3.8) is 0 Å². The number of sulfonamides is 1. The maximum absolute atomic E-state index is 12.7. The smallest absolute Gasteiger partial charge is 0.278 e. The Balaban J connectivity index is 1.24. The molecule has 1 N–H and O–H groups in total. The molecule has 0 spiro atoms. The van der Waals surface area contributed by atoms with Gasteiger partial charge in [-0.15, -0.1) is 0 Å². The van der Waals surface area contributed by atoms with Crippen molar-refractivity contribution in [1.29, 1.82) is 0 Å². The quantitative estimate of drug-likeness (QED) is 0.310. The van der Waals surface area contributed by atoms with Crippen LogP contribution in [0.15, 0.2) is 94.7 Å². The molecule has 182 valence electrons. The third kappa shape index (κ3) is 5.21. The predicted molar refractivity (Wildman–Crippen MR) is 138 cm³/mol. The van der Waals surface area contributed by atoms with Crippen LogP contribution in [0.5, 0.6) is 0 Å². The zero-order valence-electron chi connectivity index (χ0n) is 19.9. The molecule has 8 nitrogen and oxygen atoms in total. The SMILES string of the molecule is CCc1ccc(S(=O)(=O)Nc2ccc(Cn3cnc(-c4nc(-c5ccc(C)cc5)no4)c3)cc2)cc1. The first-order valence-corrected chi connectivity index (χ1v) is 13.0. The predicted octanol–water partition coefficient (Wildman–Crippen LogP) is 5.32. The average molecular weight is 500 g/mol. The Morgan fingerprint density at radius 1 is 0.917 bits per heavy atom. The summed E-state index contributed by atoms with van der Waals surface area (Å²) < 4.78 is 35.3. The van der Waals surface area contributed by atoms with Gasteiger partial charge >= 0.3 is 0 Å². The summed E-state index contributed by atoms with van der Waals surface area (Å²) in [5.41, 5.74) is 5.20. The van der Waals surface area contributed by atoms with Crippen LogP contribution in [0.1, 0.15) is 23.6 Å². The van der Waals surface area contributed by atoms with E-state index in [-0.39, 0.29) is 4.90 Å². The summed E-state index contributed by atoms with van der Waals surface area (Å²) in [5.74, 6) is 0.861. The Morgan fingerprint density at radius 3 is 2.31 bits per heavy atom. The van der Waals surface area contributed by atoms with Crippen molar-refractivity contribution in [3.05, 3.63) is 102 Å². The Bertz CT molecular complexity index is 1570. The lowest BCUT2D eigenvalue weighted by Gasteiger charge is -2.10. The van der Waals surface area contributed by atoms with E-state index in [0.29, 0.717) is 29.6 Å². The molecule has 0 atom stereocenters. The summed E-state index contributed by atoms with van der Waals surface area (Å²) in [4.78, 5) is 9.09. The van der Waals surface area contributed by atoms with Gasteiger partial charge in [0.15, 0.2) is 0 Å². The van der Waals surface area contributed by atoms with Crippen LogP contribution in [-0.4, -0.2) is 28.1 Å². The zero-order chi connectivity index (χ0) is 25.1. The van der Waals surface area contributed by atoms with E-state index >= 15 is 0 Å². The average Bonchev–Trinajstić information content (AvgIpc) is 3.56. The topological polar surface area (TPSA) is 103 Å². The van der Waals surface area contributed by atoms with E-state index in [2.05, 4.69) is 19.8 Å². The first-order valence-electron chi connectivity index (χ1n) is 11.5. The van der Waals surface area contributed by atoms with Gasteiger partial charge in [0.1, 0.15) is 5.69 Å². The normalized spacial score (nSPS) is 11.5. The van der Waals surface area contributed by atoms with Crippen LogP contribution in [0.3, 0.4) is 0 Å². The number of anilines is 1. The fourth-order valence-corrected chi connectivity index (χ4v) is 4.77. The zero-order valence-corrected chi connectivity index (χ0v) is 20.7. The standard InChI is InChI=1S/C27H25N5O3S/c1-3-20-8-14-24(15-9-20)36(33,34)31-23-12-6-21(7-13-23)16-32-17-25(28-18-32)27-29-26(30-35-27)22-10-4-19(2)5-11-22/h4-15,17-18,31H,3,16H2,1-2H3. The van der Waals surface area contributed by atoms with Crippen molar-refractivity contribution < 1.29 is 12.9 Å². The lowest BCUT2D eigenvalue weighted by molar-refractivity contribution is 0.431. The number of benzene rings is 3. The van der Waals surface area contributed by atoms with E-state index < -0.39 is 10.0 Å². The summed E-state index contributed by atoms with van der Waals surface area (Å²) in [6.45, 7) is 4.61. The number of aryl methyl sites for hydroxylation is 2. The third-order valence-corrected chi connectivity index (χ3v) is 7.20. The van der Waals surface area contributed by atoms with E-state index in [1.165, 1.54) is 0 Å². The van der Waals surface area contributed by atoms with Gasteiger partial charge in [0, 0.05) is 24.0 Å². The van der Waals surface area contributed by atoms with Crippen LogP contribution in [0, 0.1) is 6.92 Å². The fourth-order valence-electron chi connectivity index (χ4n) is 3.71. The molecule has 2 heterocycles. The van der Waals surface area contributed by atoms with Gasteiger partial charge in [0.05, 0.1) is 11.2 Å². The van der Waals surface area contributed by atoms with E-state index in [4.69, 9.17) is 4.52 Å². The van der Waals surface area contributed by atoms with Gasteiger partial charge in [-0.05, 0) is 48.7 Å². The molecule has 36 heavy (non-hydrogen) atoms. The highest BCUT2D eigenvalue weighted by Gasteiger charge is 2.15. The van der Waals surface area contributed by atoms with Crippen molar-refractivity contribution in [2.45, 2.75) is 31.7 Å². The van der Waals surface area contributed by atoms with Crippen molar-refractivity contribution in [3.8, 4) is 23.0 Å². The lowest BCUT2D eigenvalue weighted by Crippen LogP contribution is -2.13. The molecule has 3 aromatic carbocycles. The van der Waals surface area contributed by atoms with E-state index in [0.717, 1.165) is 28.7 Å². The van der Waals surface area contributed by atoms with Gasteiger partial charge in [0.25, 0.3) is 15.9 Å². The molecule has 0 saturated carbocycles. The molecule has 0 radical (unpaired) electrons. The largest absolute Gasteiger partial charge is 0.332 e. The molecule has 0 fully saturated rings. The minimum absolute atomic E-state index is 0.237. The molecule has 0 aliphatic heterocycles. The van der Waals surface area contributed by atoms with Crippen LogP contribution in [0.2, 0.25) is 0 Å². The maximum atomic E-state index is 12.7. The minimum atomic E-state index is -3.65. The fraction of sp³-hybridized carbons (Fsp3) is 0.148. The molecule has 0 saturated heterocycles. The molecule has 0 amide bonds. The van der Waals surface area contributed by atoms with Gasteiger partial charge in [0.2, 0.25) is 5.82 Å². The number of nitrogens with one attached hydrogen (secondary N) is 1. The number of imidazole rings is 1. The van der Waals surface area contributed by atoms with Crippen LogP contribution >= 0.6 is 0 Å². The van der Waals surface area contributed by atoms with Crippen molar-refractivity contribution in [1.82, 2.24) is 19.7 Å². The number of nitrogens with zero attached hydrogens (tertiary/aromatic N) is 4. The van der Waals surface area contributed by atoms with E-state index in [1.54, 1.807) is 30.6 Å². The Kier molecular flexibility index (Phi) is 6.39. The van der Waals surface area contributed by atoms with Gasteiger partial charge in [-0.2, -0.15) is 4.98 Å². The van der Waals surface area contributed by atoms with E-state index in [1.807, 2.05) is 73.1 Å².